The van der Waals surface area contributed by atoms with Crippen LogP contribution >= 0.6 is 0 Å². The number of benzene rings is 1. The van der Waals surface area contributed by atoms with Gasteiger partial charge in [-0.3, -0.25) is 0 Å². The van der Waals surface area contributed by atoms with Gasteiger partial charge in [0.15, 0.2) is 0 Å². The van der Waals surface area contributed by atoms with Crippen molar-refractivity contribution in [2.24, 2.45) is 5.92 Å². The number of esters is 2. The summed E-state index contributed by atoms with van der Waals surface area (Å²) in [6.07, 6.45) is 2.71. The van der Waals surface area contributed by atoms with Gasteiger partial charge in [0.2, 0.25) is 0 Å². The zero-order chi connectivity index (χ0) is 15.3. The lowest BCUT2D eigenvalue weighted by molar-refractivity contribution is -0.152. The molecule has 5 heteroatoms. The Balaban J connectivity index is 1.55. The first-order valence-corrected chi connectivity index (χ1v) is 7.17. The van der Waals surface area contributed by atoms with Gasteiger partial charge < -0.3 is 14.2 Å². The Kier molecular flexibility index (Phi) is 2.82. The topological polar surface area (TPSA) is 61.8 Å². The summed E-state index contributed by atoms with van der Waals surface area (Å²) in [6, 6.07) is 7.96. The highest BCUT2D eigenvalue weighted by Crippen LogP contribution is 2.47. The van der Waals surface area contributed by atoms with E-state index in [1.807, 2.05) is 24.3 Å². The Morgan fingerprint density at radius 2 is 2.00 bits per heavy atom. The van der Waals surface area contributed by atoms with Gasteiger partial charge in [-0.15, -0.1) is 0 Å². The van der Waals surface area contributed by atoms with Crippen LogP contribution in [-0.4, -0.2) is 18.2 Å². The van der Waals surface area contributed by atoms with Gasteiger partial charge in [-0.1, -0.05) is 24.3 Å². The van der Waals surface area contributed by atoms with Crippen molar-refractivity contribution in [3.63, 3.8) is 0 Å². The van der Waals surface area contributed by atoms with Gasteiger partial charge in [-0.2, -0.15) is 0 Å². The maximum atomic E-state index is 12.0. The molecule has 0 spiro atoms. The highest BCUT2D eigenvalue weighted by Gasteiger charge is 2.46. The van der Waals surface area contributed by atoms with Crippen LogP contribution in [0.4, 0.5) is 0 Å². The van der Waals surface area contributed by atoms with Crippen molar-refractivity contribution in [2.75, 3.05) is 0 Å². The van der Waals surface area contributed by atoms with Crippen molar-refractivity contribution in [3.05, 3.63) is 58.9 Å². The van der Waals surface area contributed by atoms with Crippen molar-refractivity contribution in [2.45, 2.75) is 25.7 Å². The Hall–Kier alpha value is -2.56. The van der Waals surface area contributed by atoms with Crippen LogP contribution in [-0.2, 0) is 30.2 Å². The molecule has 1 saturated heterocycles. The fraction of sp³-hybridized carbons (Fsp3) is 0.294. The predicted molar refractivity (Wildman–Crippen MR) is 75.3 cm³/mol. The Bertz CT molecular complexity index is 730. The van der Waals surface area contributed by atoms with Gasteiger partial charge in [-0.05, 0) is 24.5 Å². The van der Waals surface area contributed by atoms with E-state index in [1.165, 1.54) is 11.8 Å². The summed E-state index contributed by atoms with van der Waals surface area (Å²) in [5, 5.41) is 0. The predicted octanol–water partition coefficient (Wildman–Crippen LogP) is 2.19. The first-order valence-electron chi connectivity index (χ1n) is 7.17. The van der Waals surface area contributed by atoms with E-state index in [0.29, 0.717) is 11.1 Å². The number of carbonyl (C=O) groups is 2. The minimum atomic E-state index is -0.768. The van der Waals surface area contributed by atoms with Gasteiger partial charge in [-0.25, -0.2) is 9.59 Å². The average Bonchev–Trinajstić information content (AvgIpc) is 3.10. The fourth-order valence-corrected chi connectivity index (χ4v) is 3.16. The molecule has 2 aliphatic heterocycles. The molecule has 0 radical (unpaired) electrons. The second kappa shape index (κ2) is 4.73. The summed E-state index contributed by atoms with van der Waals surface area (Å²) in [5.41, 5.74) is 3.25. The van der Waals surface area contributed by atoms with Crippen LogP contribution in [0, 0.1) is 5.92 Å². The van der Waals surface area contributed by atoms with Gasteiger partial charge in [0, 0.05) is 17.6 Å². The van der Waals surface area contributed by atoms with Crippen molar-refractivity contribution in [1.82, 2.24) is 0 Å². The van der Waals surface area contributed by atoms with E-state index in [9.17, 15) is 9.59 Å². The lowest BCUT2D eigenvalue weighted by atomic mass is 9.98. The molecule has 3 atom stereocenters. The van der Waals surface area contributed by atoms with E-state index in [4.69, 9.17) is 14.2 Å². The highest BCUT2D eigenvalue weighted by atomic mass is 16.7. The van der Waals surface area contributed by atoms with Crippen LogP contribution in [0.25, 0.3) is 0 Å². The number of hydrogen-bond donors (Lipinski definition) is 0. The third-order valence-electron chi connectivity index (χ3n) is 4.30. The molecular weight excluding hydrogens is 284 g/mol. The van der Waals surface area contributed by atoms with Crippen molar-refractivity contribution < 1.29 is 23.8 Å². The minimum absolute atomic E-state index is 0.0351. The van der Waals surface area contributed by atoms with Crippen LogP contribution in [0.5, 0.6) is 0 Å². The van der Waals surface area contributed by atoms with Gasteiger partial charge >= 0.3 is 11.9 Å². The molecule has 112 valence electrons. The Labute approximate surface area is 127 Å². The largest absolute Gasteiger partial charge is 0.458 e. The molecule has 0 saturated carbocycles. The maximum absolute atomic E-state index is 12.0. The van der Waals surface area contributed by atoms with Crippen LogP contribution in [0.2, 0.25) is 0 Å². The van der Waals surface area contributed by atoms with Crippen molar-refractivity contribution >= 4 is 11.9 Å². The van der Waals surface area contributed by atoms with Gasteiger partial charge in [0.05, 0.1) is 11.8 Å². The number of rotatable bonds is 2. The zero-order valence-electron chi connectivity index (χ0n) is 11.9. The summed E-state index contributed by atoms with van der Waals surface area (Å²) in [7, 11) is 0. The SMILES string of the molecule is CC1=CC(OC=C2C(=O)OC3c4ccccc4CC23)OC1=O. The third-order valence-corrected chi connectivity index (χ3v) is 4.30. The molecule has 1 aromatic carbocycles. The quantitative estimate of drug-likeness (QED) is 0.476. The van der Waals surface area contributed by atoms with E-state index >= 15 is 0 Å². The molecule has 0 aromatic heterocycles. The Morgan fingerprint density at radius 3 is 2.77 bits per heavy atom. The average molecular weight is 298 g/mol. The number of fused-ring (bicyclic) bond motifs is 3. The second-order valence-corrected chi connectivity index (χ2v) is 5.67. The lowest BCUT2D eigenvalue weighted by Gasteiger charge is -2.09. The smallest absolute Gasteiger partial charge is 0.338 e. The summed E-state index contributed by atoms with van der Waals surface area (Å²) in [5.74, 6) is -0.801. The van der Waals surface area contributed by atoms with E-state index in [-0.39, 0.29) is 18.0 Å². The summed E-state index contributed by atoms with van der Waals surface area (Å²) in [4.78, 5) is 23.3. The molecule has 0 N–H and O–H groups in total. The lowest BCUT2D eigenvalue weighted by Crippen LogP contribution is -2.11. The summed E-state index contributed by atoms with van der Waals surface area (Å²) in [6.45, 7) is 1.66. The first-order chi connectivity index (χ1) is 10.6. The normalized spacial score (nSPS) is 30.7. The Morgan fingerprint density at radius 1 is 1.18 bits per heavy atom. The maximum Gasteiger partial charge on any atom is 0.338 e. The van der Waals surface area contributed by atoms with Crippen LogP contribution in [0.15, 0.2) is 47.7 Å². The molecule has 3 aliphatic rings. The van der Waals surface area contributed by atoms with Crippen molar-refractivity contribution in [1.29, 1.82) is 0 Å². The molecule has 3 unspecified atom stereocenters. The van der Waals surface area contributed by atoms with E-state index in [2.05, 4.69) is 0 Å². The molecule has 1 fully saturated rings. The molecule has 0 amide bonds. The monoisotopic (exact) mass is 298 g/mol. The minimum Gasteiger partial charge on any atom is -0.458 e. The molecule has 22 heavy (non-hydrogen) atoms. The summed E-state index contributed by atoms with van der Waals surface area (Å²) >= 11 is 0. The number of cyclic esters (lactones) is 1. The molecule has 5 nitrogen and oxygen atoms in total. The standard InChI is InChI=1S/C17H14O5/c1-9-6-14(21-16(9)18)20-8-13-12-7-10-4-2-3-5-11(10)15(12)22-17(13)19/h2-6,8,12,14-15H,7H2,1H3. The van der Waals surface area contributed by atoms with E-state index in [0.717, 1.165) is 12.0 Å². The van der Waals surface area contributed by atoms with Crippen LogP contribution < -0.4 is 0 Å². The van der Waals surface area contributed by atoms with Crippen molar-refractivity contribution in [3.8, 4) is 0 Å². The number of hydrogen-bond acceptors (Lipinski definition) is 5. The molecule has 0 bridgehead atoms. The van der Waals surface area contributed by atoms with Crippen LogP contribution in [0.3, 0.4) is 0 Å². The molecule has 1 aromatic rings. The molecular formula is C17H14O5. The van der Waals surface area contributed by atoms with E-state index in [1.54, 1.807) is 13.0 Å². The van der Waals surface area contributed by atoms with E-state index < -0.39 is 12.3 Å². The molecule has 4 rings (SSSR count). The first kappa shape index (κ1) is 13.1. The second-order valence-electron chi connectivity index (χ2n) is 5.67. The highest BCUT2D eigenvalue weighted by molar-refractivity contribution is 5.92. The number of carbonyl (C=O) groups excluding carboxylic acids is 2. The molecule has 2 heterocycles. The summed E-state index contributed by atoms with van der Waals surface area (Å²) < 4.78 is 15.9. The fourth-order valence-electron chi connectivity index (χ4n) is 3.16. The number of ether oxygens (including phenoxy) is 3. The van der Waals surface area contributed by atoms with Gasteiger partial charge in [0.1, 0.15) is 6.10 Å². The van der Waals surface area contributed by atoms with Crippen LogP contribution in [0.1, 0.15) is 24.2 Å². The third kappa shape index (κ3) is 1.93. The molecule has 1 aliphatic carbocycles. The zero-order valence-corrected chi connectivity index (χ0v) is 11.9. The van der Waals surface area contributed by atoms with Gasteiger partial charge in [0.25, 0.3) is 6.29 Å².